The molecule has 2 saturated carbocycles. The van der Waals surface area contributed by atoms with Crippen molar-refractivity contribution in [2.24, 2.45) is 5.92 Å². The minimum Gasteiger partial charge on any atom is -0.490 e. The number of hydrogen-bond donors (Lipinski definition) is 2. The first-order valence-corrected chi connectivity index (χ1v) is 12.4. The van der Waals surface area contributed by atoms with E-state index in [1.165, 1.54) is 0 Å². The number of carboxylic acid groups (broad SMARTS) is 1. The number of hydrogen-bond acceptors (Lipinski definition) is 4. The molecule has 4 rings (SSSR count). The van der Waals surface area contributed by atoms with Crippen LogP contribution in [0.25, 0.3) is 0 Å². The van der Waals surface area contributed by atoms with Gasteiger partial charge in [-0.15, -0.1) is 0 Å². The van der Waals surface area contributed by atoms with E-state index in [-0.39, 0.29) is 23.7 Å². The van der Waals surface area contributed by atoms with Gasteiger partial charge >= 0.3 is 5.97 Å². The number of Topliss-reactive ketones (excluding diaryl/α,β-unsaturated/α-hetero) is 1. The zero-order valence-electron chi connectivity index (χ0n) is 19.1. The second-order valence-corrected chi connectivity index (χ2v) is 9.65. The molecule has 2 aromatic rings. The van der Waals surface area contributed by atoms with Crippen molar-refractivity contribution in [3.05, 3.63) is 64.2 Å². The van der Waals surface area contributed by atoms with E-state index in [4.69, 9.17) is 21.4 Å². The number of ether oxygens (including phenoxy) is 1. The van der Waals surface area contributed by atoms with E-state index in [9.17, 15) is 14.4 Å². The van der Waals surface area contributed by atoms with E-state index in [1.54, 1.807) is 36.4 Å². The van der Waals surface area contributed by atoms with Crippen LogP contribution >= 0.6 is 11.6 Å². The lowest BCUT2D eigenvalue weighted by Crippen LogP contribution is -2.27. The maximum absolute atomic E-state index is 12.5. The molecular weight excluding hydrogens is 454 g/mol. The molecule has 1 amide bonds. The van der Waals surface area contributed by atoms with Crippen LogP contribution in [0.15, 0.2) is 42.5 Å². The topological polar surface area (TPSA) is 92.7 Å². The van der Waals surface area contributed by atoms with Crippen molar-refractivity contribution >= 4 is 29.3 Å². The highest BCUT2D eigenvalue weighted by Crippen LogP contribution is 2.43. The minimum absolute atomic E-state index is 0.0135. The van der Waals surface area contributed by atoms with Gasteiger partial charge in [0.1, 0.15) is 5.75 Å². The summed E-state index contributed by atoms with van der Waals surface area (Å²) in [5.74, 6) is 0.0577. The predicted molar refractivity (Wildman–Crippen MR) is 130 cm³/mol. The fourth-order valence-electron chi connectivity index (χ4n) is 4.43. The first-order chi connectivity index (χ1) is 16.4. The van der Waals surface area contributed by atoms with E-state index in [0.717, 1.165) is 31.2 Å². The number of carbonyl (C=O) groups excluding carboxylic acids is 2. The quantitative estimate of drug-likeness (QED) is 0.337. The van der Waals surface area contributed by atoms with E-state index in [1.807, 2.05) is 6.07 Å². The van der Waals surface area contributed by atoms with Crippen LogP contribution in [-0.4, -0.2) is 35.4 Å². The molecule has 0 aromatic heterocycles. The third-order valence-electron chi connectivity index (χ3n) is 6.65. The SMILES string of the molecule is O=C(CCCNC(=O)c1ccc(C2CC2)c(Cl)c1)c1ccc(OC2CCC(C(=O)O)CC2)cc1. The molecule has 2 fully saturated rings. The molecule has 0 radical (unpaired) electrons. The Kier molecular flexibility index (Phi) is 7.88. The second kappa shape index (κ2) is 11.0. The van der Waals surface area contributed by atoms with Gasteiger partial charge in [0, 0.05) is 29.1 Å². The van der Waals surface area contributed by atoms with Crippen LogP contribution in [0, 0.1) is 5.92 Å². The first kappa shape index (κ1) is 24.3. The smallest absolute Gasteiger partial charge is 0.306 e. The molecule has 180 valence electrons. The third kappa shape index (κ3) is 6.38. The van der Waals surface area contributed by atoms with E-state index >= 15 is 0 Å². The minimum atomic E-state index is -0.729. The monoisotopic (exact) mass is 483 g/mol. The zero-order valence-corrected chi connectivity index (χ0v) is 19.9. The molecule has 2 N–H and O–H groups in total. The normalized spacial score (nSPS) is 19.9. The average molecular weight is 484 g/mol. The Morgan fingerprint density at radius 1 is 0.941 bits per heavy atom. The van der Waals surface area contributed by atoms with Gasteiger partial charge in [0.05, 0.1) is 12.0 Å². The standard InChI is InChI=1S/C27H30ClNO5/c28-24-16-20(9-14-23(24)17-3-4-17)26(31)29-15-1-2-25(30)18-5-10-21(11-6-18)34-22-12-7-19(8-13-22)27(32)33/h5-6,9-11,14,16-17,19,22H,1-4,7-8,12-13,15H2,(H,29,31)(H,32,33). The summed E-state index contributed by atoms with van der Waals surface area (Å²) in [5.41, 5.74) is 2.26. The van der Waals surface area contributed by atoms with Crippen LogP contribution in [0.5, 0.6) is 5.75 Å². The van der Waals surface area contributed by atoms with Gasteiger partial charge < -0.3 is 15.2 Å². The number of carboxylic acids is 1. The van der Waals surface area contributed by atoms with Crippen LogP contribution in [0.2, 0.25) is 5.02 Å². The van der Waals surface area contributed by atoms with Crippen LogP contribution in [0.1, 0.15) is 83.6 Å². The van der Waals surface area contributed by atoms with Crippen molar-refractivity contribution in [1.82, 2.24) is 5.32 Å². The van der Waals surface area contributed by atoms with E-state index < -0.39 is 5.97 Å². The van der Waals surface area contributed by atoms with Crippen LogP contribution < -0.4 is 10.1 Å². The number of benzene rings is 2. The zero-order chi connectivity index (χ0) is 24.1. The number of aliphatic carboxylic acids is 1. The first-order valence-electron chi connectivity index (χ1n) is 12.0. The van der Waals surface area contributed by atoms with Crippen molar-refractivity contribution in [2.45, 2.75) is 63.4 Å². The molecule has 0 saturated heterocycles. The molecule has 0 bridgehead atoms. The lowest BCUT2D eigenvalue weighted by Gasteiger charge is -2.26. The summed E-state index contributed by atoms with van der Waals surface area (Å²) in [4.78, 5) is 35.9. The number of carbonyl (C=O) groups is 3. The van der Waals surface area contributed by atoms with Gasteiger partial charge in [0.15, 0.2) is 5.78 Å². The average Bonchev–Trinajstić information content (AvgIpc) is 3.67. The largest absolute Gasteiger partial charge is 0.490 e. The van der Waals surface area contributed by atoms with Gasteiger partial charge in [-0.25, -0.2) is 0 Å². The molecule has 2 aromatic carbocycles. The van der Waals surface area contributed by atoms with Crippen molar-refractivity contribution in [1.29, 1.82) is 0 Å². The van der Waals surface area contributed by atoms with Gasteiger partial charge in [-0.2, -0.15) is 0 Å². The number of amides is 1. The second-order valence-electron chi connectivity index (χ2n) is 9.25. The Labute approximate surface area is 204 Å². The Morgan fingerprint density at radius 2 is 1.62 bits per heavy atom. The maximum Gasteiger partial charge on any atom is 0.306 e. The highest BCUT2D eigenvalue weighted by molar-refractivity contribution is 6.31. The molecule has 2 aliphatic carbocycles. The predicted octanol–water partition coefficient (Wildman–Crippen LogP) is 5.63. The lowest BCUT2D eigenvalue weighted by atomic mass is 9.87. The number of halogens is 1. The summed E-state index contributed by atoms with van der Waals surface area (Å²) in [5, 5.41) is 12.6. The highest BCUT2D eigenvalue weighted by atomic mass is 35.5. The Morgan fingerprint density at radius 3 is 2.24 bits per heavy atom. The summed E-state index contributed by atoms with van der Waals surface area (Å²) >= 11 is 6.31. The fraction of sp³-hybridized carbons (Fsp3) is 0.444. The van der Waals surface area contributed by atoms with Gasteiger partial charge in [-0.1, -0.05) is 17.7 Å². The van der Waals surface area contributed by atoms with Crippen molar-refractivity contribution < 1.29 is 24.2 Å². The van der Waals surface area contributed by atoms with Crippen molar-refractivity contribution in [2.75, 3.05) is 6.54 Å². The molecule has 0 atom stereocenters. The summed E-state index contributed by atoms with van der Waals surface area (Å²) < 4.78 is 5.96. The van der Waals surface area contributed by atoms with Gasteiger partial charge in [-0.05, 0) is 92.8 Å². The van der Waals surface area contributed by atoms with Crippen molar-refractivity contribution in [3.63, 3.8) is 0 Å². The van der Waals surface area contributed by atoms with E-state index in [2.05, 4.69) is 5.32 Å². The molecule has 7 heteroatoms. The maximum atomic E-state index is 12.5. The molecule has 6 nitrogen and oxygen atoms in total. The summed E-state index contributed by atoms with van der Waals surface area (Å²) in [7, 11) is 0. The molecular formula is C27H30ClNO5. The van der Waals surface area contributed by atoms with Crippen LogP contribution in [0.4, 0.5) is 0 Å². The third-order valence-corrected chi connectivity index (χ3v) is 6.98. The molecule has 0 heterocycles. The summed E-state index contributed by atoms with van der Waals surface area (Å²) in [6, 6.07) is 12.5. The van der Waals surface area contributed by atoms with Gasteiger partial charge in [0.2, 0.25) is 0 Å². The fourth-order valence-corrected chi connectivity index (χ4v) is 4.77. The summed E-state index contributed by atoms with van der Waals surface area (Å²) in [6.45, 7) is 0.410. The number of nitrogens with one attached hydrogen (secondary N) is 1. The Bertz CT molecular complexity index is 1040. The van der Waals surface area contributed by atoms with Crippen molar-refractivity contribution in [3.8, 4) is 5.75 Å². The Balaban J connectivity index is 1.17. The lowest BCUT2D eigenvalue weighted by molar-refractivity contribution is -0.143. The highest BCUT2D eigenvalue weighted by Gasteiger charge is 2.27. The molecule has 0 unspecified atom stereocenters. The molecule has 34 heavy (non-hydrogen) atoms. The van der Waals surface area contributed by atoms with Gasteiger partial charge in [0.25, 0.3) is 5.91 Å². The molecule has 0 spiro atoms. The summed E-state index contributed by atoms with van der Waals surface area (Å²) in [6.07, 6.45) is 5.92. The number of ketones is 1. The number of rotatable bonds is 10. The van der Waals surface area contributed by atoms with E-state index in [0.29, 0.717) is 60.0 Å². The molecule has 0 aliphatic heterocycles. The van der Waals surface area contributed by atoms with Gasteiger partial charge in [-0.3, -0.25) is 14.4 Å². The molecule has 2 aliphatic rings. The van der Waals surface area contributed by atoms with Crippen LogP contribution in [-0.2, 0) is 4.79 Å². The van der Waals surface area contributed by atoms with Crippen LogP contribution in [0.3, 0.4) is 0 Å². The Hall–Kier alpha value is -2.86.